The summed E-state index contributed by atoms with van der Waals surface area (Å²) >= 11 is 0. The second-order valence-corrected chi connectivity index (χ2v) is 14.5. The second-order valence-electron chi connectivity index (χ2n) is 12.8. The Balaban J connectivity index is 1.48. The smallest absolute Gasteiger partial charge is 0.321 e. The lowest BCUT2D eigenvalue weighted by atomic mass is 9.81. The van der Waals surface area contributed by atoms with Gasteiger partial charge >= 0.3 is 6.03 Å². The number of piperidine rings is 1. The predicted molar refractivity (Wildman–Crippen MR) is 191 cm³/mol. The molecular weight excluding hydrogens is 671 g/mol. The Morgan fingerprint density at radius 1 is 1.00 bits per heavy atom. The van der Waals surface area contributed by atoms with Gasteiger partial charge < -0.3 is 24.2 Å². The normalized spacial score (nSPS) is 20.2. The molecule has 1 unspecified atom stereocenters. The van der Waals surface area contributed by atoms with Crippen LogP contribution in [0.25, 0.3) is 0 Å². The molecule has 0 radical (unpaired) electrons. The molecule has 0 saturated carbocycles. The predicted octanol–water partition coefficient (Wildman–Crippen LogP) is 3.88. The van der Waals surface area contributed by atoms with Crippen LogP contribution in [0.1, 0.15) is 50.3 Å². The Kier molecular flexibility index (Phi) is 10.5. The molecule has 0 spiro atoms. The number of hydrogen-bond acceptors (Lipinski definition) is 10. The standard InChI is InChI=1S/C37H45N7O6S/c1-5-40-19-16-28(17-20-40)41-21-23-42(24-22-41)36(46)43(6-2)37(29-11-10-18-39-34(29)50-7-3)30-25-27(26-38)14-15-31(30)44(35(37)45)51(47,48)33-13-9-8-12-32(33)49-4/h8-15,18,25,28H,5-7,16-17,19-24H2,1-4H3. The number of urea groups is 1. The quantitative estimate of drug-likeness (QED) is 0.304. The molecule has 1 aromatic heterocycles. The highest BCUT2D eigenvalue weighted by Gasteiger charge is 2.62. The van der Waals surface area contributed by atoms with E-state index in [0.29, 0.717) is 32.2 Å². The van der Waals surface area contributed by atoms with Gasteiger partial charge in [0.05, 0.1) is 36.6 Å². The number of piperazine rings is 1. The van der Waals surface area contributed by atoms with E-state index in [4.69, 9.17) is 9.47 Å². The summed E-state index contributed by atoms with van der Waals surface area (Å²) in [7, 11) is -3.28. The monoisotopic (exact) mass is 715 g/mol. The Hall–Kier alpha value is -4.71. The summed E-state index contributed by atoms with van der Waals surface area (Å²) in [6, 6.07) is 15.9. The van der Waals surface area contributed by atoms with Crippen LogP contribution in [0.15, 0.2) is 65.7 Å². The first-order chi connectivity index (χ1) is 24.7. The Labute approximate surface area is 300 Å². The highest BCUT2D eigenvalue weighted by Crippen LogP contribution is 2.53. The number of anilines is 1. The summed E-state index contributed by atoms with van der Waals surface area (Å²) in [5.74, 6) is -0.785. The van der Waals surface area contributed by atoms with Crippen LogP contribution in [0, 0.1) is 11.3 Å². The Morgan fingerprint density at radius 3 is 2.37 bits per heavy atom. The molecule has 3 aliphatic rings. The van der Waals surface area contributed by atoms with E-state index >= 15 is 4.79 Å². The lowest BCUT2D eigenvalue weighted by molar-refractivity contribution is -0.125. The third-order valence-electron chi connectivity index (χ3n) is 10.3. The zero-order chi connectivity index (χ0) is 36.3. The van der Waals surface area contributed by atoms with Crippen molar-refractivity contribution in [2.45, 2.75) is 50.1 Å². The number of methoxy groups -OCH3 is 1. The number of ether oxygens (including phenoxy) is 2. The van der Waals surface area contributed by atoms with Crippen molar-refractivity contribution in [3.05, 3.63) is 77.5 Å². The molecule has 2 fully saturated rings. The van der Waals surface area contributed by atoms with Gasteiger partial charge in [-0.15, -0.1) is 0 Å². The Morgan fingerprint density at radius 2 is 1.73 bits per heavy atom. The van der Waals surface area contributed by atoms with Gasteiger partial charge in [-0.3, -0.25) is 9.69 Å². The molecular formula is C37H45N7O6S. The minimum atomic E-state index is -4.63. The van der Waals surface area contributed by atoms with Crippen LogP contribution < -0.4 is 13.8 Å². The van der Waals surface area contributed by atoms with Gasteiger partial charge in [0.1, 0.15) is 10.6 Å². The van der Waals surface area contributed by atoms with E-state index in [0.717, 1.165) is 36.8 Å². The summed E-state index contributed by atoms with van der Waals surface area (Å²) in [6.07, 6.45) is 3.67. The van der Waals surface area contributed by atoms with Crippen LogP contribution >= 0.6 is 0 Å². The van der Waals surface area contributed by atoms with Gasteiger partial charge in [0.15, 0.2) is 5.54 Å². The molecule has 6 rings (SSSR count). The average Bonchev–Trinajstić information content (AvgIpc) is 3.43. The van der Waals surface area contributed by atoms with Crippen molar-refractivity contribution in [3.63, 3.8) is 0 Å². The van der Waals surface area contributed by atoms with Gasteiger partial charge in [0, 0.05) is 50.5 Å². The summed E-state index contributed by atoms with van der Waals surface area (Å²) < 4.78 is 41.5. The number of para-hydroxylation sites is 1. The highest BCUT2D eigenvalue weighted by atomic mass is 32.2. The minimum Gasteiger partial charge on any atom is -0.495 e. The maximum Gasteiger partial charge on any atom is 0.321 e. The molecule has 1 atom stereocenters. The number of amides is 3. The topological polar surface area (TPSA) is 140 Å². The van der Waals surface area contributed by atoms with Crippen LogP contribution in [0.5, 0.6) is 11.6 Å². The van der Waals surface area contributed by atoms with Gasteiger partial charge in [-0.25, -0.2) is 18.2 Å². The number of likely N-dealkylation sites (tertiary alicyclic amines) is 1. The van der Waals surface area contributed by atoms with E-state index in [2.05, 4.69) is 27.8 Å². The van der Waals surface area contributed by atoms with Gasteiger partial charge in [-0.05, 0) is 88.8 Å². The maximum atomic E-state index is 15.5. The van der Waals surface area contributed by atoms with E-state index in [-0.39, 0.29) is 52.1 Å². The number of nitriles is 1. The number of benzene rings is 2. The molecule has 0 aliphatic carbocycles. The summed E-state index contributed by atoms with van der Waals surface area (Å²) in [4.78, 5) is 42.7. The first-order valence-corrected chi connectivity index (χ1v) is 19.0. The fourth-order valence-corrected chi connectivity index (χ4v) is 9.38. The number of carbonyl (C=O) groups excluding carboxylic acids is 2. The zero-order valence-corrected chi connectivity index (χ0v) is 30.4. The van der Waals surface area contributed by atoms with Crippen molar-refractivity contribution in [1.29, 1.82) is 5.26 Å². The molecule has 0 bridgehead atoms. The summed E-state index contributed by atoms with van der Waals surface area (Å²) in [6.45, 7) is 11.3. The van der Waals surface area contributed by atoms with Crippen LogP contribution in [0.2, 0.25) is 0 Å². The number of nitrogens with zero attached hydrogens (tertiary/aromatic N) is 7. The third-order valence-corrected chi connectivity index (χ3v) is 12.1. The molecule has 270 valence electrons. The van der Waals surface area contributed by atoms with Gasteiger partial charge in [0.25, 0.3) is 15.9 Å². The van der Waals surface area contributed by atoms with Crippen molar-refractivity contribution in [2.24, 2.45) is 0 Å². The van der Waals surface area contributed by atoms with Gasteiger partial charge in [-0.2, -0.15) is 9.57 Å². The fraction of sp³-hybridized carbons (Fsp3) is 0.459. The number of hydrogen-bond donors (Lipinski definition) is 0. The molecule has 3 aromatic rings. The first kappa shape index (κ1) is 36.1. The maximum absolute atomic E-state index is 15.5. The van der Waals surface area contributed by atoms with E-state index in [1.54, 1.807) is 43.0 Å². The number of sulfonamides is 1. The third kappa shape index (κ3) is 6.17. The molecule has 51 heavy (non-hydrogen) atoms. The van der Waals surface area contributed by atoms with E-state index in [1.807, 2.05) is 0 Å². The highest BCUT2D eigenvalue weighted by molar-refractivity contribution is 7.93. The SMILES string of the molecule is CCOc1ncccc1C1(N(CC)C(=O)N2CCN(C3CCN(CC)CC3)CC2)C(=O)N(S(=O)(=O)c2ccccc2OC)c2ccc(C#N)cc21. The largest absolute Gasteiger partial charge is 0.495 e. The van der Waals surface area contributed by atoms with Crippen LogP contribution in [-0.4, -0.2) is 117 Å². The lowest BCUT2D eigenvalue weighted by Crippen LogP contribution is -2.62. The van der Waals surface area contributed by atoms with Crippen LogP contribution in [0.3, 0.4) is 0 Å². The van der Waals surface area contributed by atoms with Crippen LogP contribution in [-0.2, 0) is 20.4 Å². The van der Waals surface area contributed by atoms with Crippen molar-refractivity contribution in [2.75, 3.05) is 70.4 Å². The van der Waals surface area contributed by atoms with E-state index in [1.165, 1.54) is 48.5 Å². The van der Waals surface area contributed by atoms with Crippen molar-refractivity contribution < 1.29 is 27.5 Å². The van der Waals surface area contributed by atoms with Gasteiger partial charge in [-0.1, -0.05) is 19.1 Å². The van der Waals surface area contributed by atoms with Crippen molar-refractivity contribution in [3.8, 4) is 17.7 Å². The van der Waals surface area contributed by atoms with Crippen molar-refractivity contribution in [1.82, 2.24) is 24.6 Å². The number of aromatic nitrogens is 1. The number of pyridine rings is 1. The number of likely N-dealkylation sites (N-methyl/N-ethyl adjacent to an activating group) is 1. The van der Waals surface area contributed by atoms with E-state index in [9.17, 15) is 18.5 Å². The molecule has 0 N–H and O–H groups in total. The van der Waals surface area contributed by atoms with E-state index < -0.39 is 27.5 Å². The number of carbonyl (C=O) groups is 2. The summed E-state index contributed by atoms with van der Waals surface area (Å²) in [5, 5.41) is 10.0. The molecule has 2 aromatic carbocycles. The molecule has 3 aliphatic heterocycles. The molecule has 14 heteroatoms. The molecule has 3 amide bonds. The van der Waals surface area contributed by atoms with Gasteiger partial charge in [0.2, 0.25) is 5.88 Å². The lowest BCUT2D eigenvalue weighted by Gasteiger charge is -2.46. The number of rotatable bonds is 10. The number of fused-ring (bicyclic) bond motifs is 1. The molecule has 4 heterocycles. The fourth-order valence-electron chi connectivity index (χ4n) is 7.76. The minimum absolute atomic E-state index is 0.0192. The van der Waals surface area contributed by atoms with Crippen molar-refractivity contribution >= 4 is 27.6 Å². The average molecular weight is 716 g/mol. The summed E-state index contributed by atoms with van der Waals surface area (Å²) in [5.41, 5.74) is -1.49. The molecule has 13 nitrogen and oxygen atoms in total. The molecule has 2 saturated heterocycles. The van der Waals surface area contributed by atoms with Crippen LogP contribution in [0.4, 0.5) is 10.5 Å². The zero-order valence-electron chi connectivity index (χ0n) is 29.6. The Bertz CT molecular complexity index is 1920. The first-order valence-electron chi connectivity index (χ1n) is 17.6. The second kappa shape index (κ2) is 14.9.